The van der Waals surface area contributed by atoms with Gasteiger partial charge in [-0.05, 0) is 56.9 Å². The van der Waals surface area contributed by atoms with E-state index in [0.29, 0.717) is 24.2 Å². The number of ether oxygens (including phenoxy) is 2. The Balaban J connectivity index is 1.47. The molecule has 0 spiro atoms. The molecule has 0 bridgehead atoms. The summed E-state index contributed by atoms with van der Waals surface area (Å²) in [4.78, 5) is 36.0. The molecule has 2 aliphatic rings. The van der Waals surface area contributed by atoms with E-state index in [1.807, 2.05) is 0 Å². The maximum absolute atomic E-state index is 12.6. The third-order valence-corrected chi connectivity index (χ3v) is 6.20. The third-order valence-electron chi connectivity index (χ3n) is 6.20. The quantitative estimate of drug-likeness (QED) is 0.460. The Morgan fingerprint density at radius 2 is 2.03 bits per heavy atom. The Hall–Kier alpha value is -2.56. The average molecular weight is 437 g/mol. The summed E-state index contributed by atoms with van der Waals surface area (Å²) in [5, 5.41) is 19.9. The Bertz CT molecular complexity index is 742. The summed E-state index contributed by atoms with van der Waals surface area (Å²) in [5.74, 6) is 0.954. The van der Waals surface area contributed by atoms with Crippen LogP contribution in [0.3, 0.4) is 0 Å². The molecular weight excluding hydrogens is 404 g/mol. The van der Waals surface area contributed by atoms with Crippen LogP contribution in [0.15, 0.2) is 0 Å². The lowest BCUT2D eigenvalue weighted by Crippen LogP contribution is -2.51. The monoisotopic (exact) mass is 436 g/mol. The minimum Gasteiger partial charge on any atom is -0.464 e. The van der Waals surface area contributed by atoms with Crippen molar-refractivity contribution in [3.63, 3.8) is 0 Å². The number of amides is 1. The van der Waals surface area contributed by atoms with Crippen molar-refractivity contribution in [2.75, 3.05) is 19.8 Å². The van der Waals surface area contributed by atoms with E-state index in [1.54, 1.807) is 6.92 Å². The lowest BCUT2D eigenvalue weighted by Gasteiger charge is -2.42. The number of piperidine rings is 1. The predicted octanol–water partition coefficient (Wildman–Crippen LogP) is 0.138. The molecule has 1 amide bonds. The number of aromatic amines is 1. The van der Waals surface area contributed by atoms with Gasteiger partial charge in [0, 0.05) is 13.3 Å². The first-order valence-corrected chi connectivity index (χ1v) is 11.0. The molecule has 172 valence electrons. The summed E-state index contributed by atoms with van der Waals surface area (Å²) >= 11 is 0. The second kappa shape index (κ2) is 11.2. The number of esters is 2. The zero-order valence-corrected chi connectivity index (χ0v) is 18.1. The van der Waals surface area contributed by atoms with Crippen molar-refractivity contribution in [3.05, 3.63) is 5.82 Å². The van der Waals surface area contributed by atoms with Crippen molar-refractivity contribution in [2.45, 2.75) is 64.5 Å². The van der Waals surface area contributed by atoms with Gasteiger partial charge in [-0.25, -0.2) is 4.79 Å². The summed E-state index contributed by atoms with van der Waals surface area (Å²) in [5.41, 5.74) is 0. The summed E-state index contributed by atoms with van der Waals surface area (Å²) in [7, 11) is 0. The number of carbonyl (C=O) groups excluding carboxylic acids is 3. The molecule has 2 fully saturated rings. The highest BCUT2D eigenvalue weighted by atomic mass is 16.6. The van der Waals surface area contributed by atoms with Crippen LogP contribution in [0.1, 0.15) is 51.8 Å². The second-order valence-corrected chi connectivity index (χ2v) is 8.40. The van der Waals surface area contributed by atoms with Gasteiger partial charge in [-0.15, -0.1) is 10.2 Å². The molecule has 11 heteroatoms. The summed E-state index contributed by atoms with van der Waals surface area (Å²) in [6.45, 7) is 3.71. The summed E-state index contributed by atoms with van der Waals surface area (Å²) < 4.78 is 10.3. The Morgan fingerprint density at radius 3 is 2.74 bits per heavy atom. The van der Waals surface area contributed by atoms with Crippen molar-refractivity contribution in [1.29, 1.82) is 0 Å². The van der Waals surface area contributed by atoms with Gasteiger partial charge in [0.05, 0.1) is 6.61 Å². The number of rotatable bonds is 9. The number of hydrogen-bond donors (Lipinski definition) is 3. The normalized spacial score (nSPS) is 26.4. The van der Waals surface area contributed by atoms with Crippen LogP contribution in [0.5, 0.6) is 0 Å². The Labute approximate surface area is 181 Å². The number of carbonyl (C=O) groups is 3. The van der Waals surface area contributed by atoms with Crippen LogP contribution in [0.2, 0.25) is 0 Å². The molecule has 1 aromatic heterocycles. The molecule has 1 aromatic rings. The smallest absolute Gasteiger partial charge is 0.332 e. The molecule has 0 unspecified atom stereocenters. The maximum atomic E-state index is 12.6. The van der Waals surface area contributed by atoms with Crippen molar-refractivity contribution >= 4 is 17.8 Å². The van der Waals surface area contributed by atoms with Gasteiger partial charge in [-0.3, -0.25) is 9.59 Å². The van der Waals surface area contributed by atoms with Gasteiger partial charge in [-0.1, -0.05) is 11.6 Å². The number of aryl methyl sites for hydroxylation is 1. The fourth-order valence-corrected chi connectivity index (χ4v) is 4.65. The highest BCUT2D eigenvalue weighted by molar-refractivity contribution is 5.84. The molecule has 1 aliphatic heterocycles. The van der Waals surface area contributed by atoms with Crippen LogP contribution >= 0.6 is 0 Å². The van der Waals surface area contributed by atoms with Gasteiger partial charge in [0.15, 0.2) is 11.9 Å². The standard InChI is InChI=1S/C20H32N6O5/c1-3-30-20(29)17(22-12(2)27)11-31-19(28)16-9-15-8-13(4-6-14(15)10-21-16)5-7-18-23-25-26-24-18/h13-17,21H,3-11H2,1-2H3,(H,22,27)(H,23,24,25,26)/t13-,14+,15-,16+,17+/m1/s1. The van der Waals surface area contributed by atoms with Gasteiger partial charge >= 0.3 is 11.9 Å². The number of H-pyrrole nitrogens is 1. The molecule has 5 atom stereocenters. The molecule has 3 N–H and O–H groups in total. The molecule has 1 aliphatic carbocycles. The molecule has 11 nitrogen and oxygen atoms in total. The van der Waals surface area contributed by atoms with E-state index in [2.05, 4.69) is 31.3 Å². The van der Waals surface area contributed by atoms with Crippen LogP contribution in [-0.4, -0.2) is 70.3 Å². The molecular formula is C20H32N6O5. The highest BCUT2D eigenvalue weighted by Crippen LogP contribution is 2.40. The van der Waals surface area contributed by atoms with E-state index in [9.17, 15) is 14.4 Å². The Kier molecular flexibility index (Phi) is 8.33. The number of aromatic nitrogens is 4. The maximum Gasteiger partial charge on any atom is 0.332 e. The predicted molar refractivity (Wildman–Crippen MR) is 108 cm³/mol. The Morgan fingerprint density at radius 1 is 1.19 bits per heavy atom. The van der Waals surface area contributed by atoms with Crippen LogP contribution in [0.4, 0.5) is 0 Å². The molecule has 3 rings (SSSR count). The van der Waals surface area contributed by atoms with E-state index in [4.69, 9.17) is 9.47 Å². The van der Waals surface area contributed by atoms with Crippen LogP contribution in [0, 0.1) is 17.8 Å². The third kappa shape index (κ3) is 6.71. The minimum absolute atomic E-state index is 0.185. The van der Waals surface area contributed by atoms with E-state index in [1.165, 1.54) is 13.3 Å². The van der Waals surface area contributed by atoms with Crippen molar-refractivity contribution in [1.82, 2.24) is 31.3 Å². The SMILES string of the molecule is CCOC(=O)[C@H](COC(=O)[C@@H]1C[C@H]2C[C@@H](CCc3nn[nH]n3)CC[C@H]2CN1)NC(C)=O. The van der Waals surface area contributed by atoms with Crippen molar-refractivity contribution < 1.29 is 23.9 Å². The van der Waals surface area contributed by atoms with Crippen molar-refractivity contribution in [3.8, 4) is 0 Å². The van der Waals surface area contributed by atoms with E-state index >= 15 is 0 Å². The first-order valence-electron chi connectivity index (χ1n) is 11.0. The number of fused-ring (bicyclic) bond motifs is 1. The van der Waals surface area contributed by atoms with Crippen LogP contribution in [0.25, 0.3) is 0 Å². The van der Waals surface area contributed by atoms with Gasteiger partial charge < -0.3 is 20.1 Å². The zero-order valence-electron chi connectivity index (χ0n) is 18.1. The largest absolute Gasteiger partial charge is 0.464 e. The number of hydrogen-bond acceptors (Lipinski definition) is 9. The zero-order chi connectivity index (χ0) is 22.2. The first kappa shape index (κ1) is 23.1. The van der Waals surface area contributed by atoms with E-state index < -0.39 is 24.0 Å². The second-order valence-electron chi connectivity index (χ2n) is 8.40. The summed E-state index contributed by atoms with van der Waals surface area (Å²) in [6, 6.07) is -1.40. The average Bonchev–Trinajstić information content (AvgIpc) is 3.28. The van der Waals surface area contributed by atoms with E-state index in [-0.39, 0.29) is 19.1 Å². The molecule has 1 saturated heterocycles. The number of tetrazole rings is 1. The van der Waals surface area contributed by atoms with Gasteiger partial charge in [-0.2, -0.15) is 5.21 Å². The van der Waals surface area contributed by atoms with E-state index in [0.717, 1.165) is 38.1 Å². The molecule has 31 heavy (non-hydrogen) atoms. The van der Waals surface area contributed by atoms with Crippen LogP contribution < -0.4 is 10.6 Å². The molecule has 2 heterocycles. The lowest BCUT2D eigenvalue weighted by atomic mass is 9.69. The highest BCUT2D eigenvalue weighted by Gasteiger charge is 2.38. The van der Waals surface area contributed by atoms with Crippen LogP contribution in [-0.2, 0) is 30.3 Å². The first-order chi connectivity index (χ1) is 15.0. The van der Waals surface area contributed by atoms with Gasteiger partial charge in [0.1, 0.15) is 12.6 Å². The number of nitrogens with zero attached hydrogens (tertiary/aromatic N) is 3. The minimum atomic E-state index is -0.998. The number of nitrogens with one attached hydrogen (secondary N) is 3. The fraction of sp³-hybridized carbons (Fsp3) is 0.800. The molecule has 1 saturated carbocycles. The molecule has 0 aromatic carbocycles. The lowest BCUT2D eigenvalue weighted by molar-refractivity contribution is -0.155. The molecule has 0 radical (unpaired) electrons. The van der Waals surface area contributed by atoms with Gasteiger partial charge in [0.25, 0.3) is 0 Å². The summed E-state index contributed by atoms with van der Waals surface area (Å²) in [6.07, 6.45) is 5.93. The van der Waals surface area contributed by atoms with Gasteiger partial charge in [0.2, 0.25) is 5.91 Å². The van der Waals surface area contributed by atoms with Crippen molar-refractivity contribution in [2.24, 2.45) is 17.8 Å². The fourth-order valence-electron chi connectivity index (χ4n) is 4.65. The topological polar surface area (TPSA) is 148 Å².